The molecule has 0 bridgehead atoms. The minimum atomic E-state index is -1.62. The van der Waals surface area contributed by atoms with Crippen LogP contribution < -0.4 is 0 Å². The number of halogens is 1. The molecule has 104 valence electrons. The number of nitro groups is 1. The maximum Gasteiger partial charge on any atom is 0.319 e. The second-order valence-corrected chi connectivity index (χ2v) is 5.82. The zero-order valence-electron chi connectivity index (χ0n) is 10.0. The quantitative estimate of drug-likeness (QED) is 0.642. The fourth-order valence-electron chi connectivity index (χ4n) is 1.49. The number of nitro benzene ring substituents is 1. The van der Waals surface area contributed by atoms with Crippen LogP contribution in [-0.4, -0.2) is 25.5 Å². The molecule has 0 heterocycles. The largest absolute Gasteiger partial charge is 0.480 e. The Morgan fingerprint density at radius 1 is 1.58 bits per heavy atom. The van der Waals surface area contributed by atoms with E-state index in [9.17, 15) is 19.1 Å². The van der Waals surface area contributed by atoms with Crippen LogP contribution in [0, 0.1) is 10.1 Å². The van der Waals surface area contributed by atoms with Crippen LogP contribution in [0.25, 0.3) is 0 Å². The molecule has 0 saturated heterocycles. The van der Waals surface area contributed by atoms with Gasteiger partial charge in [0, 0.05) is 22.9 Å². The molecule has 8 heteroatoms. The summed E-state index contributed by atoms with van der Waals surface area (Å²) in [5.74, 6) is -1.17. The number of hydrogen-bond acceptors (Lipinski definition) is 4. The first kappa shape index (κ1) is 15.6. The van der Waals surface area contributed by atoms with Gasteiger partial charge in [0.05, 0.1) is 15.7 Å². The molecule has 0 aliphatic rings. The summed E-state index contributed by atoms with van der Waals surface area (Å²) in [5, 5.41) is 18.6. The highest BCUT2D eigenvalue weighted by molar-refractivity contribution is 7.85. The Kier molecular flexibility index (Phi) is 5.44. The Labute approximate surface area is 117 Å². The molecular formula is C11H12ClNO5S. The van der Waals surface area contributed by atoms with Crippen molar-refractivity contribution in [2.45, 2.75) is 24.3 Å². The van der Waals surface area contributed by atoms with Gasteiger partial charge in [0.1, 0.15) is 5.25 Å². The highest BCUT2D eigenvalue weighted by atomic mass is 35.5. The van der Waals surface area contributed by atoms with Crippen molar-refractivity contribution < 1.29 is 19.0 Å². The SMILES string of the molecule is CCC(C(=O)O)S(=O)Cc1ccc([N+](=O)[O-])cc1Cl. The molecule has 0 fully saturated rings. The summed E-state index contributed by atoms with van der Waals surface area (Å²) >= 11 is 5.86. The molecule has 0 spiro atoms. The van der Waals surface area contributed by atoms with Crippen LogP contribution in [0.2, 0.25) is 5.02 Å². The van der Waals surface area contributed by atoms with E-state index in [1.807, 2.05) is 0 Å². The summed E-state index contributed by atoms with van der Waals surface area (Å²) in [6, 6.07) is 3.81. The number of carboxylic acids is 1. The number of nitrogens with zero attached hydrogens (tertiary/aromatic N) is 1. The zero-order chi connectivity index (χ0) is 14.6. The van der Waals surface area contributed by atoms with E-state index in [2.05, 4.69) is 0 Å². The molecule has 0 aromatic heterocycles. The first-order valence-electron chi connectivity index (χ1n) is 5.39. The van der Waals surface area contributed by atoms with Crippen molar-refractivity contribution in [2.24, 2.45) is 0 Å². The van der Waals surface area contributed by atoms with Crippen molar-refractivity contribution in [1.82, 2.24) is 0 Å². The van der Waals surface area contributed by atoms with Gasteiger partial charge in [-0.3, -0.25) is 19.1 Å². The molecule has 1 aromatic carbocycles. The van der Waals surface area contributed by atoms with E-state index in [1.165, 1.54) is 12.1 Å². The molecule has 2 unspecified atom stereocenters. The third-order valence-corrected chi connectivity index (χ3v) is 4.63. The van der Waals surface area contributed by atoms with Crippen LogP contribution in [0.4, 0.5) is 5.69 Å². The number of rotatable bonds is 6. The van der Waals surface area contributed by atoms with Crippen molar-refractivity contribution in [2.75, 3.05) is 0 Å². The molecule has 6 nitrogen and oxygen atoms in total. The Morgan fingerprint density at radius 2 is 2.21 bits per heavy atom. The summed E-state index contributed by atoms with van der Waals surface area (Å²) in [6.07, 6.45) is 0.243. The lowest BCUT2D eigenvalue weighted by Gasteiger charge is -2.10. The minimum Gasteiger partial charge on any atom is -0.480 e. The Bertz CT molecular complexity index is 534. The van der Waals surface area contributed by atoms with Crippen molar-refractivity contribution in [1.29, 1.82) is 0 Å². The van der Waals surface area contributed by atoms with E-state index in [0.717, 1.165) is 6.07 Å². The van der Waals surface area contributed by atoms with Gasteiger partial charge in [0.15, 0.2) is 0 Å². The summed E-state index contributed by atoms with van der Waals surface area (Å²) in [6.45, 7) is 1.63. The predicted molar refractivity (Wildman–Crippen MR) is 71.7 cm³/mol. The van der Waals surface area contributed by atoms with Crippen molar-refractivity contribution >= 4 is 34.1 Å². The smallest absolute Gasteiger partial charge is 0.319 e. The summed E-state index contributed by atoms with van der Waals surface area (Å²) < 4.78 is 11.9. The number of hydrogen-bond donors (Lipinski definition) is 1. The molecule has 1 rings (SSSR count). The van der Waals surface area contributed by atoms with Crippen molar-refractivity contribution in [3.05, 3.63) is 38.9 Å². The number of carbonyl (C=O) groups is 1. The molecule has 19 heavy (non-hydrogen) atoms. The molecule has 0 radical (unpaired) electrons. The molecule has 0 aliphatic carbocycles. The maximum atomic E-state index is 11.9. The van der Waals surface area contributed by atoms with Crippen molar-refractivity contribution in [3.8, 4) is 0 Å². The number of carboxylic acid groups (broad SMARTS) is 1. The molecule has 0 saturated carbocycles. The molecular weight excluding hydrogens is 294 g/mol. The van der Waals surface area contributed by atoms with E-state index < -0.39 is 26.9 Å². The number of non-ortho nitro benzene ring substituents is 1. The van der Waals surface area contributed by atoms with Crippen LogP contribution in [0.1, 0.15) is 18.9 Å². The molecule has 0 amide bonds. The summed E-state index contributed by atoms with van der Waals surface area (Å²) in [4.78, 5) is 20.8. The van der Waals surface area contributed by atoms with E-state index >= 15 is 0 Å². The topological polar surface area (TPSA) is 97.5 Å². The normalized spacial score (nSPS) is 13.8. The first-order chi connectivity index (χ1) is 8.86. The molecule has 2 atom stereocenters. The van der Waals surface area contributed by atoms with Gasteiger partial charge < -0.3 is 5.11 Å². The van der Waals surface area contributed by atoms with Crippen LogP contribution in [0.3, 0.4) is 0 Å². The fourth-order valence-corrected chi connectivity index (χ4v) is 3.17. The standard InChI is InChI=1S/C11H12ClNO5S/c1-2-10(11(14)15)19(18)6-7-3-4-8(13(16)17)5-9(7)12/h3-5,10H,2,6H2,1H3,(H,14,15). The second kappa shape index (κ2) is 6.63. The zero-order valence-corrected chi connectivity index (χ0v) is 11.6. The van der Waals surface area contributed by atoms with E-state index in [4.69, 9.17) is 16.7 Å². The second-order valence-electron chi connectivity index (χ2n) is 3.79. The lowest BCUT2D eigenvalue weighted by atomic mass is 10.2. The highest BCUT2D eigenvalue weighted by Gasteiger charge is 2.23. The van der Waals surface area contributed by atoms with Crippen molar-refractivity contribution in [3.63, 3.8) is 0 Å². The Morgan fingerprint density at radius 3 is 2.63 bits per heavy atom. The van der Waals surface area contributed by atoms with Crippen LogP contribution in [0.5, 0.6) is 0 Å². The average molecular weight is 306 g/mol. The van der Waals surface area contributed by atoms with Gasteiger partial charge in [0.2, 0.25) is 0 Å². The van der Waals surface area contributed by atoms with Crippen LogP contribution in [0.15, 0.2) is 18.2 Å². The van der Waals surface area contributed by atoms with E-state index in [1.54, 1.807) is 6.92 Å². The van der Waals surface area contributed by atoms with Gasteiger partial charge >= 0.3 is 5.97 Å². The van der Waals surface area contributed by atoms with Crippen LogP contribution in [-0.2, 0) is 21.3 Å². The lowest BCUT2D eigenvalue weighted by Crippen LogP contribution is -2.25. The van der Waals surface area contributed by atoms with Gasteiger partial charge in [-0.25, -0.2) is 0 Å². The summed E-state index contributed by atoms with van der Waals surface area (Å²) in [7, 11) is -1.62. The molecule has 1 N–H and O–H groups in total. The fraction of sp³-hybridized carbons (Fsp3) is 0.364. The number of benzene rings is 1. The predicted octanol–water partition coefficient (Wildman–Crippen LogP) is 2.36. The minimum absolute atomic E-state index is 0.0400. The monoisotopic (exact) mass is 305 g/mol. The van der Waals surface area contributed by atoms with Gasteiger partial charge in [-0.15, -0.1) is 0 Å². The first-order valence-corrected chi connectivity index (χ1v) is 7.15. The van der Waals surface area contributed by atoms with Gasteiger partial charge in [-0.2, -0.15) is 0 Å². The third-order valence-electron chi connectivity index (χ3n) is 2.51. The Hall–Kier alpha value is -1.47. The number of aliphatic carboxylic acids is 1. The molecule has 0 aliphatic heterocycles. The highest BCUT2D eigenvalue weighted by Crippen LogP contribution is 2.24. The van der Waals surface area contributed by atoms with Gasteiger partial charge in [-0.1, -0.05) is 18.5 Å². The average Bonchev–Trinajstić information content (AvgIpc) is 2.31. The van der Waals surface area contributed by atoms with Gasteiger partial charge in [0.25, 0.3) is 5.69 Å². The molecule has 1 aromatic rings. The van der Waals surface area contributed by atoms with Gasteiger partial charge in [-0.05, 0) is 18.1 Å². The lowest BCUT2D eigenvalue weighted by molar-refractivity contribution is -0.384. The van der Waals surface area contributed by atoms with E-state index in [0.29, 0.717) is 5.56 Å². The summed E-state index contributed by atoms with van der Waals surface area (Å²) in [5.41, 5.74) is 0.273. The third kappa shape index (κ3) is 4.00. The maximum absolute atomic E-state index is 11.9. The Balaban J connectivity index is 2.91. The van der Waals surface area contributed by atoms with E-state index in [-0.39, 0.29) is 22.9 Å². The van der Waals surface area contributed by atoms with Crippen LogP contribution >= 0.6 is 11.6 Å².